The zero-order chi connectivity index (χ0) is 24.8. The van der Waals surface area contributed by atoms with Gasteiger partial charge >= 0.3 is 0 Å². The standard InChI is InChI=1S/C30H25ClFN3O/c1-19-5-15-24(16-6-19)33-29(36)28-27(21-7-11-22(31)12-8-21)25-4-2-3-17-34-26(18-35(28)30(25)34)20-9-13-23(32)14-10-20/h5-16,18H,2-4,17H2,1H3,(H,33,36). The molecule has 0 spiro atoms. The van der Waals surface area contributed by atoms with Gasteiger partial charge in [-0.1, -0.05) is 41.4 Å². The number of hydrogen-bond donors (Lipinski definition) is 1. The third kappa shape index (κ3) is 3.90. The van der Waals surface area contributed by atoms with Crippen LogP contribution < -0.4 is 5.32 Å². The van der Waals surface area contributed by atoms with E-state index in [0.29, 0.717) is 10.7 Å². The summed E-state index contributed by atoms with van der Waals surface area (Å²) >= 11 is 6.20. The average molecular weight is 498 g/mol. The van der Waals surface area contributed by atoms with Gasteiger partial charge in [0.15, 0.2) is 0 Å². The van der Waals surface area contributed by atoms with Gasteiger partial charge in [0, 0.05) is 34.6 Å². The summed E-state index contributed by atoms with van der Waals surface area (Å²) in [5.41, 5.74) is 8.43. The van der Waals surface area contributed by atoms with E-state index in [9.17, 15) is 9.18 Å². The van der Waals surface area contributed by atoms with E-state index in [2.05, 4.69) is 9.88 Å². The topological polar surface area (TPSA) is 38.4 Å². The second-order valence-corrected chi connectivity index (χ2v) is 9.79. The van der Waals surface area contributed by atoms with E-state index in [1.54, 1.807) is 12.1 Å². The van der Waals surface area contributed by atoms with Crippen LogP contribution in [0.25, 0.3) is 28.0 Å². The van der Waals surface area contributed by atoms with Gasteiger partial charge in [-0.25, -0.2) is 4.39 Å². The second kappa shape index (κ2) is 8.99. The molecule has 4 nitrogen and oxygen atoms in total. The fraction of sp³-hybridized carbons (Fsp3) is 0.167. The van der Waals surface area contributed by atoms with Crippen molar-refractivity contribution in [2.75, 3.05) is 5.32 Å². The quantitative estimate of drug-likeness (QED) is 0.270. The number of carbonyl (C=O) groups is 1. The third-order valence-electron chi connectivity index (χ3n) is 6.93. The zero-order valence-electron chi connectivity index (χ0n) is 19.9. The molecule has 0 atom stereocenters. The fourth-order valence-electron chi connectivity index (χ4n) is 5.21. The monoisotopic (exact) mass is 497 g/mol. The van der Waals surface area contributed by atoms with Gasteiger partial charge < -0.3 is 9.88 Å². The lowest BCUT2D eigenvalue weighted by Gasteiger charge is -2.10. The summed E-state index contributed by atoms with van der Waals surface area (Å²) in [6, 6.07) is 22.0. The maximum Gasteiger partial charge on any atom is 0.273 e. The Labute approximate surface area is 214 Å². The van der Waals surface area contributed by atoms with Gasteiger partial charge in [-0.15, -0.1) is 0 Å². The number of anilines is 1. The first-order valence-corrected chi connectivity index (χ1v) is 12.5. The molecule has 0 aliphatic carbocycles. The first-order valence-electron chi connectivity index (χ1n) is 12.2. The van der Waals surface area contributed by atoms with Crippen molar-refractivity contribution in [2.24, 2.45) is 0 Å². The van der Waals surface area contributed by atoms with E-state index in [0.717, 1.165) is 70.7 Å². The Bertz CT molecular complexity index is 1580. The van der Waals surface area contributed by atoms with Crippen LogP contribution in [-0.2, 0) is 13.0 Å². The highest BCUT2D eigenvalue weighted by atomic mass is 35.5. The maximum absolute atomic E-state index is 13.9. The highest BCUT2D eigenvalue weighted by Gasteiger charge is 2.29. The molecule has 1 aliphatic heterocycles. The number of amides is 1. The molecule has 1 amide bonds. The van der Waals surface area contributed by atoms with Crippen molar-refractivity contribution in [1.29, 1.82) is 0 Å². The number of nitrogens with zero attached hydrogens (tertiary/aromatic N) is 2. The lowest BCUT2D eigenvalue weighted by Crippen LogP contribution is -2.15. The molecule has 36 heavy (non-hydrogen) atoms. The number of benzene rings is 3. The van der Waals surface area contributed by atoms with Crippen LogP contribution in [0.2, 0.25) is 5.02 Å². The third-order valence-corrected chi connectivity index (χ3v) is 7.18. The molecule has 0 saturated heterocycles. The number of aryl methyl sites for hydroxylation is 3. The molecule has 0 fully saturated rings. The van der Waals surface area contributed by atoms with Crippen LogP contribution >= 0.6 is 11.6 Å². The van der Waals surface area contributed by atoms with Gasteiger partial charge in [0.2, 0.25) is 0 Å². The first kappa shape index (κ1) is 22.6. The van der Waals surface area contributed by atoms with E-state index in [1.807, 2.05) is 66.1 Å². The molecule has 2 aromatic heterocycles. The van der Waals surface area contributed by atoms with Gasteiger partial charge in [0.05, 0.1) is 5.69 Å². The van der Waals surface area contributed by atoms with Crippen LogP contribution in [0.5, 0.6) is 0 Å². The summed E-state index contributed by atoms with van der Waals surface area (Å²) in [5, 5.41) is 3.76. The normalized spacial score (nSPS) is 13.1. The van der Waals surface area contributed by atoms with Gasteiger partial charge in [-0.05, 0) is 85.8 Å². The van der Waals surface area contributed by atoms with Crippen molar-refractivity contribution in [3.63, 3.8) is 0 Å². The summed E-state index contributed by atoms with van der Waals surface area (Å²) < 4.78 is 18.0. The minimum Gasteiger partial charge on any atom is -0.325 e. The second-order valence-electron chi connectivity index (χ2n) is 9.35. The van der Waals surface area contributed by atoms with Crippen LogP contribution in [0.3, 0.4) is 0 Å². The van der Waals surface area contributed by atoms with Crippen molar-refractivity contribution < 1.29 is 9.18 Å². The van der Waals surface area contributed by atoms with Crippen molar-refractivity contribution in [2.45, 2.75) is 32.7 Å². The number of carbonyl (C=O) groups excluding carboxylic acids is 1. The summed E-state index contributed by atoms with van der Waals surface area (Å²) in [7, 11) is 0. The highest BCUT2D eigenvalue weighted by molar-refractivity contribution is 6.30. The molecule has 6 rings (SSSR count). The number of imidazole rings is 1. The fourth-order valence-corrected chi connectivity index (χ4v) is 5.34. The Balaban J connectivity index is 1.60. The molecule has 0 saturated carbocycles. The molecular formula is C30H25ClFN3O. The molecule has 0 radical (unpaired) electrons. The minimum atomic E-state index is -0.267. The van der Waals surface area contributed by atoms with Crippen LogP contribution in [-0.4, -0.2) is 14.9 Å². The molecule has 1 N–H and O–H groups in total. The Hall–Kier alpha value is -3.83. The Kier molecular flexibility index (Phi) is 5.65. The van der Waals surface area contributed by atoms with Gasteiger partial charge in [-0.2, -0.15) is 0 Å². The molecular weight excluding hydrogens is 473 g/mol. The number of halogens is 2. The van der Waals surface area contributed by atoms with E-state index >= 15 is 0 Å². The summed E-state index contributed by atoms with van der Waals surface area (Å²) in [5.74, 6) is -0.440. The minimum absolute atomic E-state index is 0.173. The predicted octanol–water partition coefficient (Wildman–Crippen LogP) is 7.76. The molecule has 6 heteroatoms. The molecule has 180 valence electrons. The zero-order valence-corrected chi connectivity index (χ0v) is 20.6. The predicted molar refractivity (Wildman–Crippen MR) is 143 cm³/mol. The highest BCUT2D eigenvalue weighted by Crippen LogP contribution is 2.40. The number of nitrogens with one attached hydrogen (secondary N) is 1. The number of rotatable bonds is 4. The molecule has 0 bridgehead atoms. The molecule has 3 heterocycles. The van der Waals surface area contributed by atoms with E-state index in [4.69, 9.17) is 11.6 Å². The average Bonchev–Trinajstić information content (AvgIpc) is 3.29. The Morgan fingerprint density at radius 1 is 0.917 bits per heavy atom. The summed E-state index contributed by atoms with van der Waals surface area (Å²) in [6.07, 6.45) is 4.93. The molecule has 0 unspecified atom stereocenters. The van der Waals surface area contributed by atoms with Gasteiger partial charge in [-0.3, -0.25) is 9.20 Å². The molecule has 5 aromatic rings. The van der Waals surface area contributed by atoms with Crippen molar-refractivity contribution in [1.82, 2.24) is 8.97 Å². The van der Waals surface area contributed by atoms with Crippen LogP contribution in [0.15, 0.2) is 79.0 Å². The smallest absolute Gasteiger partial charge is 0.273 e. The van der Waals surface area contributed by atoms with Crippen LogP contribution in [0.1, 0.15) is 34.5 Å². The molecule has 1 aliphatic rings. The van der Waals surface area contributed by atoms with Crippen molar-refractivity contribution in [3.05, 3.63) is 107 Å². The Morgan fingerprint density at radius 2 is 1.61 bits per heavy atom. The van der Waals surface area contributed by atoms with E-state index in [-0.39, 0.29) is 11.7 Å². The SMILES string of the molecule is Cc1ccc(NC(=O)c2c(-c3ccc(Cl)cc3)c3c4n(c(-c5ccc(F)cc5)cn24)CCCC3)cc1. The van der Waals surface area contributed by atoms with Crippen molar-refractivity contribution >= 4 is 28.8 Å². The van der Waals surface area contributed by atoms with Crippen LogP contribution in [0, 0.1) is 12.7 Å². The van der Waals surface area contributed by atoms with Gasteiger partial charge in [0.1, 0.15) is 17.2 Å². The maximum atomic E-state index is 13.9. The van der Waals surface area contributed by atoms with E-state index in [1.165, 1.54) is 12.1 Å². The lowest BCUT2D eigenvalue weighted by atomic mass is 9.97. The lowest BCUT2D eigenvalue weighted by molar-refractivity contribution is 0.102. The Morgan fingerprint density at radius 3 is 2.33 bits per heavy atom. The van der Waals surface area contributed by atoms with E-state index < -0.39 is 0 Å². The first-order chi connectivity index (χ1) is 17.5. The number of aromatic nitrogens is 2. The van der Waals surface area contributed by atoms with Gasteiger partial charge in [0.25, 0.3) is 5.91 Å². The molecule has 3 aromatic carbocycles. The van der Waals surface area contributed by atoms with Crippen LogP contribution in [0.4, 0.5) is 10.1 Å². The number of hydrogen-bond acceptors (Lipinski definition) is 1. The van der Waals surface area contributed by atoms with Crippen molar-refractivity contribution in [3.8, 4) is 22.4 Å². The summed E-state index contributed by atoms with van der Waals surface area (Å²) in [6.45, 7) is 2.85. The largest absolute Gasteiger partial charge is 0.325 e. The summed E-state index contributed by atoms with van der Waals surface area (Å²) in [4.78, 5) is 13.9.